The summed E-state index contributed by atoms with van der Waals surface area (Å²) in [6.45, 7) is 5.00. The quantitative estimate of drug-likeness (QED) is 0.878. The molecule has 1 aromatic rings. The molecular weight excluding hydrogens is 238 g/mol. The molecule has 0 spiro atoms. The average Bonchev–Trinajstić information content (AvgIpc) is 2.42. The highest BCUT2D eigenvalue weighted by Gasteiger charge is 2.17. The lowest BCUT2D eigenvalue weighted by molar-refractivity contribution is 0.206. The number of piperidine rings is 1. The number of aryl methyl sites for hydroxylation is 1. The summed E-state index contributed by atoms with van der Waals surface area (Å²) in [4.78, 5) is 13.9. The molecule has 2 amide bonds. The van der Waals surface area contributed by atoms with Crippen LogP contribution in [0.15, 0.2) is 24.3 Å². The third-order valence-corrected chi connectivity index (χ3v) is 3.64. The van der Waals surface area contributed by atoms with Gasteiger partial charge in [-0.15, -0.1) is 0 Å². The summed E-state index contributed by atoms with van der Waals surface area (Å²) in [6, 6.07) is 7.85. The zero-order valence-electron chi connectivity index (χ0n) is 11.8. The van der Waals surface area contributed by atoms with Crippen molar-refractivity contribution < 1.29 is 4.79 Å². The summed E-state index contributed by atoms with van der Waals surface area (Å²) in [5.41, 5.74) is 2.05. The van der Waals surface area contributed by atoms with Crippen molar-refractivity contribution in [3.8, 4) is 0 Å². The zero-order valence-corrected chi connectivity index (χ0v) is 11.8. The molecule has 1 fully saturated rings. The van der Waals surface area contributed by atoms with Gasteiger partial charge in [0.1, 0.15) is 0 Å². The van der Waals surface area contributed by atoms with Crippen LogP contribution in [0.2, 0.25) is 0 Å². The van der Waals surface area contributed by atoms with Crippen LogP contribution in [0.3, 0.4) is 0 Å². The lowest BCUT2D eigenvalue weighted by Crippen LogP contribution is -2.39. The van der Waals surface area contributed by atoms with Gasteiger partial charge in [0.25, 0.3) is 0 Å². The molecule has 1 aliphatic rings. The number of benzene rings is 1. The number of hydrogen-bond donors (Lipinski definition) is 2. The second-order valence-electron chi connectivity index (χ2n) is 5.37. The van der Waals surface area contributed by atoms with Gasteiger partial charge in [-0.05, 0) is 50.9 Å². The monoisotopic (exact) mass is 261 g/mol. The molecule has 0 bridgehead atoms. The summed E-state index contributed by atoms with van der Waals surface area (Å²) >= 11 is 0. The van der Waals surface area contributed by atoms with Crippen LogP contribution in [-0.4, -0.2) is 37.6 Å². The summed E-state index contributed by atoms with van der Waals surface area (Å²) < 4.78 is 0. The highest BCUT2D eigenvalue weighted by atomic mass is 16.2. The lowest BCUT2D eigenvalue weighted by atomic mass is 9.98. The molecule has 104 valence electrons. The van der Waals surface area contributed by atoms with E-state index in [-0.39, 0.29) is 6.03 Å². The van der Waals surface area contributed by atoms with Crippen molar-refractivity contribution in [3.05, 3.63) is 29.8 Å². The summed E-state index contributed by atoms with van der Waals surface area (Å²) in [7, 11) is 1.87. The topological polar surface area (TPSA) is 44.4 Å². The van der Waals surface area contributed by atoms with E-state index in [1.165, 1.54) is 5.56 Å². The standard InChI is InChI=1S/C15H23N3O/c1-12-3-5-14(6-4-12)17-15(19)18(2)11-13-7-9-16-10-8-13/h3-6,13,16H,7-11H2,1-2H3,(H,17,19). The molecule has 0 aromatic heterocycles. The van der Waals surface area contributed by atoms with Gasteiger partial charge in [-0.1, -0.05) is 17.7 Å². The van der Waals surface area contributed by atoms with Crippen LogP contribution in [0.5, 0.6) is 0 Å². The molecule has 2 N–H and O–H groups in total. The molecule has 0 unspecified atom stereocenters. The van der Waals surface area contributed by atoms with Crippen LogP contribution in [-0.2, 0) is 0 Å². The van der Waals surface area contributed by atoms with Gasteiger partial charge >= 0.3 is 6.03 Å². The number of nitrogens with zero attached hydrogens (tertiary/aromatic N) is 1. The molecule has 1 saturated heterocycles. The van der Waals surface area contributed by atoms with E-state index in [4.69, 9.17) is 0 Å². The molecule has 0 aliphatic carbocycles. The van der Waals surface area contributed by atoms with Crippen LogP contribution in [0.25, 0.3) is 0 Å². The molecule has 19 heavy (non-hydrogen) atoms. The maximum atomic E-state index is 12.1. The summed E-state index contributed by atoms with van der Waals surface area (Å²) in [6.07, 6.45) is 2.31. The molecule has 0 radical (unpaired) electrons. The number of rotatable bonds is 3. The van der Waals surface area contributed by atoms with E-state index in [1.54, 1.807) is 4.90 Å². The zero-order chi connectivity index (χ0) is 13.7. The Balaban J connectivity index is 1.83. The fourth-order valence-corrected chi connectivity index (χ4v) is 2.39. The van der Waals surface area contributed by atoms with E-state index < -0.39 is 0 Å². The third-order valence-electron chi connectivity index (χ3n) is 3.64. The number of nitrogens with one attached hydrogen (secondary N) is 2. The van der Waals surface area contributed by atoms with Crippen LogP contribution >= 0.6 is 0 Å². The van der Waals surface area contributed by atoms with E-state index in [2.05, 4.69) is 10.6 Å². The van der Waals surface area contributed by atoms with Crippen LogP contribution in [0.1, 0.15) is 18.4 Å². The molecule has 0 saturated carbocycles. The van der Waals surface area contributed by atoms with E-state index >= 15 is 0 Å². The van der Waals surface area contributed by atoms with Gasteiger partial charge in [-0.3, -0.25) is 0 Å². The fourth-order valence-electron chi connectivity index (χ4n) is 2.39. The van der Waals surface area contributed by atoms with E-state index in [0.717, 1.165) is 38.2 Å². The van der Waals surface area contributed by atoms with Gasteiger partial charge in [0.2, 0.25) is 0 Å². The highest BCUT2D eigenvalue weighted by Crippen LogP contribution is 2.14. The Morgan fingerprint density at radius 1 is 1.32 bits per heavy atom. The SMILES string of the molecule is Cc1ccc(NC(=O)N(C)CC2CCNCC2)cc1. The average molecular weight is 261 g/mol. The first-order valence-corrected chi connectivity index (χ1v) is 6.94. The van der Waals surface area contributed by atoms with Gasteiger partial charge in [0.15, 0.2) is 0 Å². The van der Waals surface area contributed by atoms with Gasteiger partial charge in [0.05, 0.1) is 0 Å². The van der Waals surface area contributed by atoms with Crippen LogP contribution in [0, 0.1) is 12.8 Å². The van der Waals surface area contributed by atoms with Crippen molar-refractivity contribution in [2.75, 3.05) is 32.0 Å². The number of anilines is 1. The second kappa shape index (κ2) is 6.57. The minimum atomic E-state index is -0.0256. The number of amides is 2. The fraction of sp³-hybridized carbons (Fsp3) is 0.533. The predicted octanol–water partition coefficient (Wildman–Crippen LogP) is 2.46. The molecule has 1 heterocycles. The summed E-state index contributed by atoms with van der Waals surface area (Å²) in [5.74, 6) is 0.620. The first-order chi connectivity index (χ1) is 9.15. The minimum absolute atomic E-state index is 0.0256. The molecule has 1 aromatic carbocycles. The minimum Gasteiger partial charge on any atom is -0.327 e. The Bertz CT molecular complexity index is 410. The lowest BCUT2D eigenvalue weighted by Gasteiger charge is -2.27. The van der Waals surface area contributed by atoms with Crippen LogP contribution < -0.4 is 10.6 Å². The molecule has 2 rings (SSSR count). The van der Waals surface area contributed by atoms with Crippen molar-refractivity contribution in [3.63, 3.8) is 0 Å². The van der Waals surface area contributed by atoms with E-state index in [1.807, 2.05) is 38.2 Å². The van der Waals surface area contributed by atoms with Crippen molar-refractivity contribution >= 4 is 11.7 Å². The normalized spacial score (nSPS) is 16.1. The highest BCUT2D eigenvalue weighted by molar-refractivity contribution is 5.89. The molecule has 4 heteroatoms. The van der Waals surface area contributed by atoms with E-state index in [9.17, 15) is 4.79 Å². The Hall–Kier alpha value is -1.55. The maximum Gasteiger partial charge on any atom is 0.321 e. The Kier molecular flexibility index (Phi) is 4.80. The molecular formula is C15H23N3O. The summed E-state index contributed by atoms with van der Waals surface area (Å²) in [5, 5.41) is 6.27. The third kappa shape index (κ3) is 4.24. The van der Waals surface area contributed by atoms with E-state index in [0.29, 0.717) is 5.92 Å². The Morgan fingerprint density at radius 3 is 2.58 bits per heavy atom. The maximum absolute atomic E-state index is 12.1. The number of carbonyl (C=O) groups excluding carboxylic acids is 1. The largest absolute Gasteiger partial charge is 0.327 e. The Labute approximate surface area is 115 Å². The number of carbonyl (C=O) groups is 1. The van der Waals surface area contributed by atoms with Crippen molar-refractivity contribution in [2.24, 2.45) is 5.92 Å². The first kappa shape index (κ1) is 13.9. The molecule has 0 atom stereocenters. The smallest absolute Gasteiger partial charge is 0.321 e. The van der Waals surface area contributed by atoms with Gasteiger partial charge in [-0.2, -0.15) is 0 Å². The van der Waals surface area contributed by atoms with Crippen LogP contribution in [0.4, 0.5) is 10.5 Å². The number of hydrogen-bond acceptors (Lipinski definition) is 2. The first-order valence-electron chi connectivity index (χ1n) is 6.94. The second-order valence-corrected chi connectivity index (χ2v) is 5.37. The van der Waals surface area contributed by atoms with Crippen molar-refractivity contribution in [2.45, 2.75) is 19.8 Å². The van der Waals surface area contributed by atoms with Gasteiger partial charge in [-0.25, -0.2) is 4.79 Å². The molecule has 1 aliphatic heterocycles. The predicted molar refractivity (Wildman–Crippen MR) is 78.4 cm³/mol. The number of urea groups is 1. The van der Waals surface area contributed by atoms with Gasteiger partial charge in [0, 0.05) is 19.3 Å². The molecule has 4 nitrogen and oxygen atoms in total. The van der Waals surface area contributed by atoms with Gasteiger partial charge < -0.3 is 15.5 Å². The van der Waals surface area contributed by atoms with Crippen molar-refractivity contribution in [1.29, 1.82) is 0 Å². The Morgan fingerprint density at radius 2 is 1.95 bits per heavy atom. The van der Waals surface area contributed by atoms with Crippen molar-refractivity contribution in [1.82, 2.24) is 10.2 Å².